The minimum Gasteiger partial charge on any atom is -0.340 e. The van der Waals surface area contributed by atoms with E-state index < -0.39 is 0 Å². The monoisotopic (exact) mass is 434 g/mol. The number of carbonyl (C=O) groups is 2. The fraction of sp³-hybridized carbons (Fsp3) is 0.375. The van der Waals surface area contributed by atoms with Crippen molar-refractivity contribution in [2.24, 2.45) is 5.92 Å². The van der Waals surface area contributed by atoms with Crippen molar-refractivity contribution >= 4 is 39.1 Å². The average molecular weight is 435 g/mol. The van der Waals surface area contributed by atoms with Crippen molar-refractivity contribution in [3.63, 3.8) is 0 Å². The number of fused-ring (bicyclic) bond motifs is 1. The van der Waals surface area contributed by atoms with Gasteiger partial charge in [-0.3, -0.25) is 14.5 Å². The Morgan fingerprint density at radius 1 is 1.06 bits per heavy atom. The highest BCUT2D eigenvalue weighted by Gasteiger charge is 2.37. The Bertz CT molecular complexity index is 1070. The van der Waals surface area contributed by atoms with Gasteiger partial charge in [0.05, 0.1) is 22.7 Å². The third-order valence-electron chi connectivity index (χ3n) is 6.20. The Morgan fingerprint density at radius 3 is 2.55 bits per heavy atom. The summed E-state index contributed by atoms with van der Waals surface area (Å²) < 4.78 is 1.22. The Hall–Kier alpha value is -2.77. The summed E-state index contributed by atoms with van der Waals surface area (Å²) in [7, 11) is 0. The van der Waals surface area contributed by atoms with Crippen LogP contribution in [0.1, 0.15) is 17.0 Å². The minimum absolute atomic E-state index is 0.0386. The lowest BCUT2D eigenvalue weighted by Crippen LogP contribution is -2.50. The highest BCUT2D eigenvalue weighted by molar-refractivity contribution is 7.18. The van der Waals surface area contributed by atoms with Gasteiger partial charge in [0.25, 0.3) is 0 Å². The van der Waals surface area contributed by atoms with Crippen molar-refractivity contribution in [3.8, 4) is 0 Å². The van der Waals surface area contributed by atoms with E-state index in [-0.39, 0.29) is 17.7 Å². The van der Waals surface area contributed by atoms with Crippen LogP contribution in [-0.4, -0.2) is 59.3 Å². The second-order valence-corrected chi connectivity index (χ2v) is 9.53. The number of benzene rings is 2. The second kappa shape index (κ2) is 8.40. The number of para-hydroxylation sites is 1. The molecule has 3 heterocycles. The van der Waals surface area contributed by atoms with Crippen LogP contribution in [0, 0.1) is 12.8 Å². The smallest absolute Gasteiger partial charge is 0.228 e. The number of nitrogens with zero attached hydrogens (tertiary/aromatic N) is 4. The molecule has 2 aliphatic rings. The molecule has 0 spiro atoms. The number of hydrogen-bond acceptors (Lipinski definition) is 5. The molecule has 0 aliphatic carbocycles. The number of aryl methyl sites for hydroxylation is 1. The van der Waals surface area contributed by atoms with Gasteiger partial charge in [-0.25, -0.2) is 4.98 Å². The van der Waals surface area contributed by atoms with Crippen LogP contribution in [0.3, 0.4) is 0 Å². The number of hydrogen-bond donors (Lipinski definition) is 0. The van der Waals surface area contributed by atoms with E-state index >= 15 is 0 Å². The first-order valence-electron chi connectivity index (χ1n) is 10.8. The van der Waals surface area contributed by atoms with Crippen LogP contribution in [0.4, 0.5) is 5.69 Å². The summed E-state index contributed by atoms with van der Waals surface area (Å²) in [5.41, 5.74) is 3.10. The number of amides is 2. The molecule has 31 heavy (non-hydrogen) atoms. The van der Waals surface area contributed by atoms with Gasteiger partial charge < -0.3 is 9.80 Å². The zero-order valence-electron chi connectivity index (χ0n) is 17.7. The SMILES string of the molecule is Cc1ccc(N2CC(C(=O)N3CCN(Cc4nc5ccccc5s4)CC3)CC2=O)cc1. The van der Waals surface area contributed by atoms with E-state index in [1.807, 2.05) is 48.2 Å². The van der Waals surface area contributed by atoms with Crippen molar-refractivity contribution in [1.29, 1.82) is 0 Å². The lowest BCUT2D eigenvalue weighted by molar-refractivity contribution is -0.137. The quantitative estimate of drug-likeness (QED) is 0.632. The van der Waals surface area contributed by atoms with Crippen LogP contribution >= 0.6 is 11.3 Å². The van der Waals surface area contributed by atoms with Crippen molar-refractivity contribution in [2.45, 2.75) is 19.9 Å². The zero-order valence-corrected chi connectivity index (χ0v) is 18.5. The first-order valence-corrected chi connectivity index (χ1v) is 11.6. The van der Waals surface area contributed by atoms with Crippen LogP contribution in [0.5, 0.6) is 0 Å². The van der Waals surface area contributed by atoms with Crippen LogP contribution in [0.2, 0.25) is 0 Å². The minimum atomic E-state index is -0.246. The van der Waals surface area contributed by atoms with E-state index in [2.05, 4.69) is 17.0 Å². The van der Waals surface area contributed by atoms with E-state index in [0.29, 0.717) is 26.1 Å². The van der Waals surface area contributed by atoms with Gasteiger partial charge in [-0.1, -0.05) is 29.8 Å². The third kappa shape index (κ3) is 4.20. The maximum Gasteiger partial charge on any atom is 0.228 e. The molecular weight excluding hydrogens is 408 g/mol. The summed E-state index contributed by atoms with van der Waals surface area (Å²) in [4.78, 5) is 36.4. The summed E-state index contributed by atoms with van der Waals surface area (Å²) in [6.45, 7) is 6.42. The number of anilines is 1. The molecule has 2 fully saturated rings. The second-order valence-electron chi connectivity index (χ2n) is 8.42. The first kappa shape index (κ1) is 20.2. The molecule has 2 aliphatic heterocycles. The van der Waals surface area contributed by atoms with Gasteiger partial charge >= 0.3 is 0 Å². The molecule has 2 saturated heterocycles. The molecule has 1 atom stereocenters. The van der Waals surface area contributed by atoms with Crippen molar-refractivity contribution in [3.05, 3.63) is 59.1 Å². The fourth-order valence-corrected chi connectivity index (χ4v) is 5.42. The van der Waals surface area contributed by atoms with Crippen LogP contribution < -0.4 is 4.90 Å². The van der Waals surface area contributed by atoms with Crippen LogP contribution in [-0.2, 0) is 16.1 Å². The Balaban J connectivity index is 1.16. The third-order valence-corrected chi connectivity index (χ3v) is 7.22. The molecule has 1 unspecified atom stereocenters. The number of rotatable bonds is 4. The lowest BCUT2D eigenvalue weighted by atomic mass is 10.1. The normalized spacial score (nSPS) is 20.0. The molecule has 0 bridgehead atoms. The van der Waals surface area contributed by atoms with Crippen molar-refractivity contribution < 1.29 is 9.59 Å². The number of carbonyl (C=O) groups excluding carboxylic acids is 2. The van der Waals surface area contributed by atoms with Crippen LogP contribution in [0.25, 0.3) is 10.2 Å². The van der Waals surface area contributed by atoms with Gasteiger partial charge in [0.15, 0.2) is 0 Å². The Labute approximate surface area is 186 Å². The molecule has 1 aromatic heterocycles. The molecule has 5 rings (SSSR count). The van der Waals surface area contributed by atoms with E-state index in [0.717, 1.165) is 41.4 Å². The van der Waals surface area contributed by atoms with E-state index in [1.165, 1.54) is 4.70 Å². The highest BCUT2D eigenvalue weighted by atomic mass is 32.1. The van der Waals surface area contributed by atoms with Gasteiger partial charge in [0.1, 0.15) is 5.01 Å². The predicted octanol–water partition coefficient (Wildman–Crippen LogP) is 3.30. The van der Waals surface area contributed by atoms with Gasteiger partial charge in [0, 0.05) is 44.8 Å². The number of thiazole rings is 1. The molecule has 0 N–H and O–H groups in total. The molecule has 0 radical (unpaired) electrons. The number of aromatic nitrogens is 1. The average Bonchev–Trinajstić information content (AvgIpc) is 3.37. The largest absolute Gasteiger partial charge is 0.340 e. The Kier molecular flexibility index (Phi) is 5.46. The fourth-order valence-electron chi connectivity index (χ4n) is 4.41. The maximum atomic E-state index is 13.1. The molecule has 2 aromatic carbocycles. The molecule has 0 saturated carbocycles. The molecule has 6 nitrogen and oxygen atoms in total. The summed E-state index contributed by atoms with van der Waals surface area (Å²) in [5.74, 6) is -0.0936. The maximum absolute atomic E-state index is 13.1. The molecule has 3 aromatic rings. The Morgan fingerprint density at radius 2 is 1.81 bits per heavy atom. The van der Waals surface area contributed by atoms with E-state index in [9.17, 15) is 9.59 Å². The zero-order chi connectivity index (χ0) is 21.4. The molecule has 160 valence electrons. The highest BCUT2D eigenvalue weighted by Crippen LogP contribution is 2.27. The first-order chi connectivity index (χ1) is 15.1. The molecule has 2 amide bonds. The van der Waals surface area contributed by atoms with Crippen molar-refractivity contribution in [1.82, 2.24) is 14.8 Å². The standard InChI is InChI=1S/C24H26N4O2S/c1-17-6-8-19(9-7-17)28-15-18(14-23(28)29)24(30)27-12-10-26(11-13-27)16-22-25-20-4-2-3-5-21(20)31-22/h2-9,18H,10-16H2,1H3. The summed E-state index contributed by atoms with van der Waals surface area (Å²) >= 11 is 1.74. The van der Waals surface area contributed by atoms with E-state index in [4.69, 9.17) is 4.98 Å². The molecule has 7 heteroatoms. The summed E-state index contributed by atoms with van der Waals surface area (Å²) in [6.07, 6.45) is 0.304. The predicted molar refractivity (Wildman–Crippen MR) is 123 cm³/mol. The lowest BCUT2D eigenvalue weighted by Gasteiger charge is -2.35. The molecular formula is C24H26N4O2S. The summed E-state index contributed by atoms with van der Waals surface area (Å²) in [6, 6.07) is 16.1. The summed E-state index contributed by atoms with van der Waals surface area (Å²) in [5, 5.41) is 1.12. The van der Waals surface area contributed by atoms with Gasteiger partial charge in [-0.05, 0) is 31.2 Å². The van der Waals surface area contributed by atoms with Gasteiger partial charge in [0.2, 0.25) is 11.8 Å². The van der Waals surface area contributed by atoms with Gasteiger partial charge in [-0.2, -0.15) is 0 Å². The van der Waals surface area contributed by atoms with Crippen molar-refractivity contribution in [2.75, 3.05) is 37.6 Å². The van der Waals surface area contributed by atoms with Crippen LogP contribution in [0.15, 0.2) is 48.5 Å². The topological polar surface area (TPSA) is 56.8 Å². The number of piperazine rings is 1. The van der Waals surface area contributed by atoms with E-state index in [1.54, 1.807) is 16.2 Å². The van der Waals surface area contributed by atoms with Gasteiger partial charge in [-0.15, -0.1) is 11.3 Å².